The molecule has 34 heavy (non-hydrogen) atoms. The van der Waals surface area contributed by atoms with Gasteiger partial charge in [0.2, 0.25) is 0 Å². The normalized spacial score (nSPS) is 19.3. The number of methoxy groups -OCH3 is 1. The predicted octanol–water partition coefficient (Wildman–Crippen LogP) is 3.35. The zero-order valence-corrected chi connectivity index (χ0v) is 20.6. The number of thiazole rings is 1. The van der Waals surface area contributed by atoms with E-state index in [-0.39, 0.29) is 0 Å². The zero-order valence-electron chi connectivity index (χ0n) is 19.8. The first-order chi connectivity index (χ1) is 16.6. The van der Waals surface area contributed by atoms with Gasteiger partial charge in [-0.05, 0) is 42.7 Å². The van der Waals surface area contributed by atoms with E-state index in [4.69, 9.17) is 9.72 Å². The van der Waals surface area contributed by atoms with Crippen LogP contribution >= 0.6 is 11.3 Å². The van der Waals surface area contributed by atoms with Crippen LogP contribution in [-0.4, -0.2) is 71.3 Å². The number of hydrogen-bond donors (Lipinski definition) is 1. The Morgan fingerprint density at radius 3 is 2.35 bits per heavy atom. The maximum Gasteiger partial charge on any atom is 0.128 e. The Balaban J connectivity index is 1.11. The molecule has 0 aliphatic carbocycles. The minimum atomic E-state index is -0.817. The number of benzene rings is 1. The van der Waals surface area contributed by atoms with Gasteiger partial charge in [0, 0.05) is 57.4 Å². The zero-order chi connectivity index (χ0) is 23.4. The number of nitrogens with zero attached hydrogens (tertiary/aromatic N) is 5. The average Bonchev–Trinajstić information content (AvgIpc) is 3.36. The lowest BCUT2D eigenvalue weighted by Crippen LogP contribution is -2.46. The van der Waals surface area contributed by atoms with Crippen molar-refractivity contribution >= 4 is 17.2 Å². The number of aliphatic hydroxyl groups is 1. The SMILES string of the molecule is COc1ccc(CN2CCC(O)(c3csc(CN4CCN(c5ccccn5)CC4)n3)CC2)cc1. The summed E-state index contributed by atoms with van der Waals surface area (Å²) in [4.78, 5) is 16.5. The van der Waals surface area contributed by atoms with Gasteiger partial charge >= 0.3 is 0 Å². The van der Waals surface area contributed by atoms with Crippen molar-refractivity contribution in [2.45, 2.75) is 31.5 Å². The molecule has 4 heterocycles. The van der Waals surface area contributed by atoms with Crippen LogP contribution in [0.3, 0.4) is 0 Å². The quantitative estimate of drug-likeness (QED) is 0.558. The van der Waals surface area contributed by atoms with Crippen LogP contribution in [0, 0.1) is 0 Å². The summed E-state index contributed by atoms with van der Waals surface area (Å²) in [6, 6.07) is 14.3. The first kappa shape index (κ1) is 23.2. The Hall–Kier alpha value is -2.52. The topological polar surface area (TPSA) is 65.0 Å². The van der Waals surface area contributed by atoms with E-state index in [0.717, 1.165) is 87.5 Å². The molecule has 8 heteroatoms. The van der Waals surface area contributed by atoms with E-state index >= 15 is 0 Å². The molecular weight excluding hydrogens is 446 g/mol. The summed E-state index contributed by atoms with van der Waals surface area (Å²) in [5, 5.41) is 14.5. The number of likely N-dealkylation sites (tertiary alicyclic amines) is 1. The van der Waals surface area contributed by atoms with Gasteiger partial charge in [-0.25, -0.2) is 9.97 Å². The van der Waals surface area contributed by atoms with Gasteiger partial charge in [-0.3, -0.25) is 9.80 Å². The number of pyridine rings is 1. The molecule has 7 nitrogen and oxygen atoms in total. The molecular formula is C26H33N5O2S. The van der Waals surface area contributed by atoms with E-state index in [0.29, 0.717) is 0 Å². The van der Waals surface area contributed by atoms with Crippen LogP contribution in [0.2, 0.25) is 0 Å². The third kappa shape index (κ3) is 5.41. The molecule has 0 amide bonds. The molecule has 0 radical (unpaired) electrons. The summed E-state index contributed by atoms with van der Waals surface area (Å²) >= 11 is 1.68. The molecule has 180 valence electrons. The molecule has 5 rings (SSSR count). The summed E-state index contributed by atoms with van der Waals surface area (Å²) in [7, 11) is 1.69. The summed E-state index contributed by atoms with van der Waals surface area (Å²) in [6.45, 7) is 7.42. The molecule has 2 saturated heterocycles. The Morgan fingerprint density at radius 1 is 0.941 bits per heavy atom. The Kier molecular flexibility index (Phi) is 7.10. The monoisotopic (exact) mass is 479 g/mol. The molecule has 0 atom stereocenters. The van der Waals surface area contributed by atoms with Crippen molar-refractivity contribution in [3.63, 3.8) is 0 Å². The first-order valence-corrected chi connectivity index (χ1v) is 12.9. The van der Waals surface area contributed by atoms with Crippen molar-refractivity contribution in [3.05, 3.63) is 70.3 Å². The lowest BCUT2D eigenvalue weighted by molar-refractivity contribution is -0.0308. The largest absolute Gasteiger partial charge is 0.497 e. The molecule has 2 fully saturated rings. The van der Waals surface area contributed by atoms with Crippen LogP contribution in [0.5, 0.6) is 5.75 Å². The van der Waals surface area contributed by atoms with Crippen LogP contribution in [0.1, 0.15) is 29.1 Å². The smallest absolute Gasteiger partial charge is 0.128 e. The first-order valence-electron chi connectivity index (χ1n) is 12.0. The average molecular weight is 480 g/mol. The fourth-order valence-electron chi connectivity index (χ4n) is 4.79. The van der Waals surface area contributed by atoms with Crippen molar-refractivity contribution in [3.8, 4) is 5.75 Å². The molecule has 0 bridgehead atoms. The van der Waals surface area contributed by atoms with E-state index in [1.807, 2.05) is 30.5 Å². The lowest BCUT2D eigenvalue weighted by atomic mass is 9.88. The van der Waals surface area contributed by atoms with Gasteiger partial charge in [-0.15, -0.1) is 11.3 Å². The van der Waals surface area contributed by atoms with E-state index < -0.39 is 5.60 Å². The third-order valence-corrected chi connectivity index (χ3v) is 7.81. The van der Waals surface area contributed by atoms with Crippen LogP contribution < -0.4 is 9.64 Å². The van der Waals surface area contributed by atoms with Crippen LogP contribution in [0.15, 0.2) is 54.0 Å². The van der Waals surface area contributed by atoms with Gasteiger partial charge in [0.05, 0.1) is 19.3 Å². The van der Waals surface area contributed by atoms with Gasteiger partial charge in [0.25, 0.3) is 0 Å². The molecule has 0 spiro atoms. The summed E-state index contributed by atoms with van der Waals surface area (Å²) in [5.41, 5.74) is 1.30. The number of anilines is 1. The Labute approximate surface area is 205 Å². The standard InChI is InChI=1S/C26H33N5O2S/c1-33-22-7-5-21(6-8-22)18-29-12-9-26(32,10-13-29)23-20-34-25(28-23)19-30-14-16-31(17-15-30)24-4-2-3-11-27-24/h2-8,11,20,32H,9-10,12-19H2,1H3. The van der Waals surface area contributed by atoms with Gasteiger partial charge in [-0.1, -0.05) is 18.2 Å². The fraction of sp³-hybridized carbons (Fsp3) is 0.462. The maximum atomic E-state index is 11.3. The van der Waals surface area contributed by atoms with Crippen LogP contribution in [0.4, 0.5) is 5.82 Å². The van der Waals surface area contributed by atoms with E-state index in [1.165, 1.54) is 5.56 Å². The Morgan fingerprint density at radius 2 is 1.68 bits per heavy atom. The number of hydrogen-bond acceptors (Lipinski definition) is 8. The number of ether oxygens (including phenoxy) is 1. The van der Waals surface area contributed by atoms with E-state index in [1.54, 1.807) is 18.4 Å². The van der Waals surface area contributed by atoms with Crippen molar-refractivity contribution in [2.24, 2.45) is 0 Å². The van der Waals surface area contributed by atoms with Crippen molar-refractivity contribution in [2.75, 3.05) is 51.3 Å². The van der Waals surface area contributed by atoms with Gasteiger partial charge < -0.3 is 14.7 Å². The number of rotatable bonds is 7. The van der Waals surface area contributed by atoms with Crippen molar-refractivity contribution < 1.29 is 9.84 Å². The number of aromatic nitrogens is 2. The van der Waals surface area contributed by atoms with E-state index in [2.05, 4.69) is 43.3 Å². The highest BCUT2D eigenvalue weighted by atomic mass is 32.1. The van der Waals surface area contributed by atoms with E-state index in [9.17, 15) is 5.11 Å². The minimum Gasteiger partial charge on any atom is -0.497 e. The number of piperidine rings is 1. The van der Waals surface area contributed by atoms with Gasteiger partial charge in [0.15, 0.2) is 0 Å². The van der Waals surface area contributed by atoms with Crippen molar-refractivity contribution in [1.29, 1.82) is 0 Å². The molecule has 2 aliphatic rings. The molecule has 1 N–H and O–H groups in total. The Bertz CT molecular complexity index is 1040. The molecule has 2 aliphatic heterocycles. The molecule has 2 aromatic heterocycles. The predicted molar refractivity (Wildman–Crippen MR) is 135 cm³/mol. The lowest BCUT2D eigenvalue weighted by Gasteiger charge is -2.37. The molecule has 0 saturated carbocycles. The minimum absolute atomic E-state index is 0.717. The van der Waals surface area contributed by atoms with Gasteiger partial charge in [0.1, 0.15) is 22.2 Å². The maximum absolute atomic E-state index is 11.3. The van der Waals surface area contributed by atoms with Crippen LogP contribution in [-0.2, 0) is 18.7 Å². The fourth-order valence-corrected chi connectivity index (χ4v) is 5.72. The molecule has 0 unspecified atom stereocenters. The molecule has 1 aromatic carbocycles. The highest BCUT2D eigenvalue weighted by Crippen LogP contribution is 2.34. The third-order valence-electron chi connectivity index (χ3n) is 6.98. The van der Waals surface area contributed by atoms with Crippen LogP contribution in [0.25, 0.3) is 0 Å². The highest BCUT2D eigenvalue weighted by Gasteiger charge is 2.36. The number of piperazine rings is 1. The summed E-state index contributed by atoms with van der Waals surface area (Å²) in [5.74, 6) is 1.94. The van der Waals surface area contributed by atoms with Gasteiger partial charge in [-0.2, -0.15) is 0 Å². The summed E-state index contributed by atoms with van der Waals surface area (Å²) in [6.07, 6.45) is 3.29. The highest BCUT2D eigenvalue weighted by molar-refractivity contribution is 7.09. The second kappa shape index (κ2) is 10.4. The second-order valence-corrected chi connectivity index (χ2v) is 10.2. The molecule has 3 aromatic rings. The summed E-state index contributed by atoms with van der Waals surface area (Å²) < 4.78 is 5.25. The van der Waals surface area contributed by atoms with Crippen molar-refractivity contribution in [1.82, 2.24) is 19.8 Å². The second-order valence-electron chi connectivity index (χ2n) is 9.23.